The molecule has 2 aromatic rings. The number of thiazole rings is 1. The van der Waals surface area contributed by atoms with Crippen molar-refractivity contribution in [3.63, 3.8) is 0 Å². The van der Waals surface area contributed by atoms with Crippen molar-refractivity contribution in [3.8, 4) is 10.7 Å². The van der Waals surface area contributed by atoms with Crippen molar-refractivity contribution in [2.75, 3.05) is 32.7 Å². The van der Waals surface area contributed by atoms with Gasteiger partial charge in [0.2, 0.25) is 5.91 Å². The fourth-order valence-electron chi connectivity index (χ4n) is 3.80. The molecule has 0 aliphatic carbocycles. The molecule has 2 fully saturated rings. The van der Waals surface area contributed by atoms with E-state index >= 15 is 4.39 Å². The average molecular weight is 390 g/mol. The molecule has 2 aliphatic heterocycles. The van der Waals surface area contributed by atoms with Gasteiger partial charge in [0.25, 0.3) is 0 Å². The van der Waals surface area contributed by atoms with E-state index in [0.29, 0.717) is 36.4 Å². The molecule has 144 valence electrons. The van der Waals surface area contributed by atoms with E-state index in [0.717, 1.165) is 24.4 Å². The number of alkyl halides is 1. The average Bonchev–Trinajstić information content (AvgIpc) is 3.33. The van der Waals surface area contributed by atoms with Gasteiger partial charge in [0.1, 0.15) is 5.01 Å². The van der Waals surface area contributed by atoms with Gasteiger partial charge in [-0.3, -0.25) is 9.69 Å². The second kappa shape index (κ2) is 7.59. The molecule has 0 saturated carbocycles. The van der Waals surface area contributed by atoms with Crippen LogP contribution < -0.4 is 0 Å². The molecule has 0 N–H and O–H groups in total. The maximum atomic E-state index is 15.5. The van der Waals surface area contributed by atoms with Gasteiger partial charge in [-0.1, -0.05) is 6.92 Å². The highest BCUT2D eigenvalue weighted by Gasteiger charge is 2.40. The van der Waals surface area contributed by atoms with Crippen LogP contribution in [0.4, 0.5) is 4.39 Å². The minimum Gasteiger partial charge on any atom is -0.341 e. The third kappa shape index (κ3) is 4.01. The van der Waals surface area contributed by atoms with Crippen LogP contribution in [0.2, 0.25) is 0 Å². The van der Waals surface area contributed by atoms with Crippen molar-refractivity contribution >= 4 is 17.2 Å². The molecule has 2 aliphatic rings. The minimum absolute atomic E-state index is 0.115. The zero-order chi connectivity index (χ0) is 18.9. The van der Waals surface area contributed by atoms with Crippen LogP contribution in [0.15, 0.2) is 24.7 Å². The predicted octanol–water partition coefficient (Wildman–Crippen LogP) is 2.73. The highest BCUT2D eigenvalue weighted by atomic mass is 32.1. The van der Waals surface area contributed by atoms with Crippen molar-refractivity contribution < 1.29 is 9.18 Å². The number of rotatable bonds is 4. The molecule has 1 amide bonds. The van der Waals surface area contributed by atoms with E-state index in [2.05, 4.69) is 26.8 Å². The van der Waals surface area contributed by atoms with Crippen LogP contribution in [-0.2, 0) is 10.5 Å². The lowest BCUT2D eigenvalue weighted by atomic mass is 9.94. The second-order valence-corrected chi connectivity index (χ2v) is 8.61. The van der Waals surface area contributed by atoms with Crippen molar-refractivity contribution in [2.24, 2.45) is 5.92 Å². The molecule has 6 nitrogen and oxygen atoms in total. The van der Waals surface area contributed by atoms with Gasteiger partial charge in [-0.15, -0.1) is 11.3 Å². The van der Waals surface area contributed by atoms with Crippen LogP contribution in [0.3, 0.4) is 0 Å². The molecule has 0 bridgehead atoms. The number of halogens is 1. The molecular weight excluding hydrogens is 365 g/mol. The molecule has 0 aromatic carbocycles. The Morgan fingerprint density at radius 1 is 1.26 bits per heavy atom. The van der Waals surface area contributed by atoms with E-state index in [1.54, 1.807) is 29.6 Å². The zero-order valence-corrected chi connectivity index (χ0v) is 16.3. The zero-order valence-electron chi connectivity index (χ0n) is 15.5. The summed E-state index contributed by atoms with van der Waals surface area (Å²) in [6, 6.07) is 1.75. The Morgan fingerprint density at radius 3 is 2.67 bits per heavy atom. The van der Waals surface area contributed by atoms with Crippen LogP contribution in [-0.4, -0.2) is 63.4 Å². The first-order valence-electron chi connectivity index (χ1n) is 9.46. The number of likely N-dealkylation sites (tertiary alicyclic amines) is 2. The normalized spacial score (nSPS) is 22.9. The first-order chi connectivity index (χ1) is 13.0. The number of hydrogen-bond donors (Lipinski definition) is 0. The fourth-order valence-corrected chi connectivity index (χ4v) is 4.80. The number of piperidine rings is 1. The summed E-state index contributed by atoms with van der Waals surface area (Å²) in [6.45, 7) is 5.51. The number of carbonyl (C=O) groups excluding carboxylic acids is 1. The number of nitrogens with zero attached hydrogens (tertiary/aromatic N) is 5. The van der Waals surface area contributed by atoms with Gasteiger partial charge < -0.3 is 4.90 Å². The lowest BCUT2D eigenvalue weighted by molar-refractivity contribution is -0.135. The van der Waals surface area contributed by atoms with Gasteiger partial charge in [-0.25, -0.2) is 19.3 Å². The maximum absolute atomic E-state index is 15.5. The molecule has 2 saturated heterocycles. The molecule has 27 heavy (non-hydrogen) atoms. The summed E-state index contributed by atoms with van der Waals surface area (Å²) in [5, 5.41) is 0.463. The lowest BCUT2D eigenvalue weighted by Gasteiger charge is -2.36. The van der Waals surface area contributed by atoms with Crippen molar-refractivity contribution in [2.45, 2.75) is 31.9 Å². The standard InChI is InChI=1S/C19H24FN5OS/c1-14-3-8-24(12-14)13-16(26)25-9-4-19(20,5-10-25)18-23-11-15(27-18)17-21-6-2-7-22-17/h2,6-7,11,14H,3-5,8-10,12-13H2,1H3. The predicted molar refractivity (Wildman–Crippen MR) is 102 cm³/mol. The second-order valence-electron chi connectivity index (χ2n) is 7.58. The van der Waals surface area contributed by atoms with Gasteiger partial charge >= 0.3 is 0 Å². The lowest BCUT2D eigenvalue weighted by Crippen LogP contribution is -2.46. The Kier molecular flexibility index (Phi) is 5.19. The third-order valence-corrected chi connectivity index (χ3v) is 6.62. The van der Waals surface area contributed by atoms with Crippen LogP contribution in [0, 0.1) is 5.92 Å². The van der Waals surface area contributed by atoms with E-state index in [-0.39, 0.29) is 18.7 Å². The van der Waals surface area contributed by atoms with Crippen LogP contribution in [0.1, 0.15) is 31.2 Å². The molecule has 1 atom stereocenters. The topological polar surface area (TPSA) is 62.2 Å². The van der Waals surface area contributed by atoms with Gasteiger partial charge in [-0.2, -0.15) is 0 Å². The largest absolute Gasteiger partial charge is 0.341 e. The van der Waals surface area contributed by atoms with E-state index in [9.17, 15) is 4.79 Å². The summed E-state index contributed by atoms with van der Waals surface area (Å²) in [6.07, 6.45) is 6.70. The minimum atomic E-state index is -1.48. The van der Waals surface area contributed by atoms with Crippen LogP contribution >= 0.6 is 11.3 Å². The summed E-state index contributed by atoms with van der Waals surface area (Å²) in [4.78, 5) is 30.0. The van der Waals surface area contributed by atoms with Crippen LogP contribution in [0.25, 0.3) is 10.7 Å². The smallest absolute Gasteiger partial charge is 0.236 e. The number of hydrogen-bond acceptors (Lipinski definition) is 6. The highest BCUT2D eigenvalue weighted by Crippen LogP contribution is 2.40. The summed E-state index contributed by atoms with van der Waals surface area (Å²) in [5.41, 5.74) is -1.48. The monoisotopic (exact) mass is 389 g/mol. The summed E-state index contributed by atoms with van der Waals surface area (Å²) in [7, 11) is 0. The van der Waals surface area contributed by atoms with Gasteiger partial charge in [0.15, 0.2) is 11.5 Å². The maximum Gasteiger partial charge on any atom is 0.236 e. The molecular formula is C19H24FN5OS. The summed E-state index contributed by atoms with van der Waals surface area (Å²) < 4.78 is 15.5. The summed E-state index contributed by atoms with van der Waals surface area (Å²) >= 11 is 1.30. The molecule has 4 rings (SSSR count). The Labute approximate surface area is 162 Å². The quantitative estimate of drug-likeness (QED) is 0.805. The Hall–Kier alpha value is -1.93. The molecule has 8 heteroatoms. The van der Waals surface area contributed by atoms with Crippen molar-refractivity contribution in [1.29, 1.82) is 0 Å². The molecule has 4 heterocycles. The van der Waals surface area contributed by atoms with Gasteiger partial charge in [0.05, 0.1) is 11.4 Å². The highest BCUT2D eigenvalue weighted by molar-refractivity contribution is 7.15. The van der Waals surface area contributed by atoms with E-state index in [1.165, 1.54) is 11.3 Å². The third-order valence-electron chi connectivity index (χ3n) is 5.45. The van der Waals surface area contributed by atoms with Crippen LogP contribution in [0.5, 0.6) is 0 Å². The van der Waals surface area contributed by atoms with Gasteiger partial charge in [-0.05, 0) is 24.9 Å². The molecule has 0 radical (unpaired) electrons. The fraction of sp³-hybridized carbons (Fsp3) is 0.579. The number of carbonyl (C=O) groups is 1. The SMILES string of the molecule is CC1CCN(CC(=O)N2CCC(F)(c3ncc(-c4ncccn4)s3)CC2)C1. The van der Waals surface area contributed by atoms with E-state index in [4.69, 9.17) is 0 Å². The first-order valence-corrected chi connectivity index (χ1v) is 10.3. The van der Waals surface area contributed by atoms with Crippen molar-refractivity contribution in [1.82, 2.24) is 24.8 Å². The summed E-state index contributed by atoms with van der Waals surface area (Å²) in [5.74, 6) is 1.34. The Balaban J connectivity index is 1.36. The van der Waals surface area contributed by atoms with Gasteiger partial charge in [0, 0.05) is 51.1 Å². The molecule has 1 unspecified atom stereocenters. The van der Waals surface area contributed by atoms with Crippen molar-refractivity contribution in [3.05, 3.63) is 29.7 Å². The number of amides is 1. The Morgan fingerprint density at radius 2 is 2.00 bits per heavy atom. The molecule has 0 spiro atoms. The number of aromatic nitrogens is 3. The molecule has 2 aromatic heterocycles. The Bertz CT molecular complexity index is 790. The van der Waals surface area contributed by atoms with E-state index in [1.807, 2.05) is 0 Å². The van der Waals surface area contributed by atoms with E-state index < -0.39 is 5.67 Å². The first kappa shape index (κ1) is 18.4.